The average molecular weight is 403 g/mol. The molecule has 0 aliphatic carbocycles. The summed E-state index contributed by atoms with van der Waals surface area (Å²) in [5.74, 6) is 0.136. The minimum Gasteiger partial charge on any atom is -0.358 e. The summed E-state index contributed by atoms with van der Waals surface area (Å²) in [5.41, 5.74) is 2.54. The highest BCUT2D eigenvalue weighted by Gasteiger charge is 2.27. The Morgan fingerprint density at radius 3 is 2.46 bits per heavy atom. The maximum Gasteiger partial charge on any atom is 0.237 e. The molecule has 0 radical (unpaired) electrons. The molecule has 1 fully saturated rings. The van der Waals surface area contributed by atoms with Crippen molar-refractivity contribution < 1.29 is 9.59 Å². The van der Waals surface area contributed by atoms with Gasteiger partial charge < -0.3 is 16.0 Å². The summed E-state index contributed by atoms with van der Waals surface area (Å²) in [6.07, 6.45) is 2.54. The predicted molar refractivity (Wildman–Crippen MR) is 107 cm³/mol. The van der Waals surface area contributed by atoms with E-state index in [4.69, 9.17) is 0 Å². The second-order valence-corrected chi connectivity index (χ2v) is 6.64. The first-order valence-corrected chi connectivity index (χ1v) is 8.69. The van der Waals surface area contributed by atoms with E-state index >= 15 is 0 Å². The van der Waals surface area contributed by atoms with Crippen LogP contribution >= 0.6 is 24.8 Å². The zero-order valence-electron chi connectivity index (χ0n) is 15.0. The molecule has 1 atom stereocenters. The number of carbonyl (C=O) groups is 2. The van der Waals surface area contributed by atoms with Crippen molar-refractivity contribution in [2.45, 2.75) is 37.9 Å². The maximum absolute atomic E-state index is 12.5. The van der Waals surface area contributed by atoms with Crippen molar-refractivity contribution in [2.75, 3.05) is 26.7 Å². The zero-order chi connectivity index (χ0) is 16.9. The number of likely N-dealkylation sites (tertiary alicyclic amines) is 1. The van der Waals surface area contributed by atoms with Gasteiger partial charge in [-0.15, -0.1) is 24.8 Å². The molecule has 2 aliphatic rings. The number of hydrogen-bond donors (Lipinski definition) is 3. The first-order chi connectivity index (χ1) is 11.7. The Hall–Kier alpha value is -1.34. The van der Waals surface area contributed by atoms with Crippen molar-refractivity contribution in [3.8, 4) is 0 Å². The van der Waals surface area contributed by atoms with E-state index in [-0.39, 0.29) is 48.7 Å². The highest BCUT2D eigenvalue weighted by atomic mass is 35.5. The molecule has 0 spiro atoms. The fraction of sp³-hybridized carbons (Fsp3) is 0.556. The fourth-order valence-corrected chi connectivity index (χ4v) is 3.46. The molecule has 0 bridgehead atoms. The van der Waals surface area contributed by atoms with Gasteiger partial charge in [-0.1, -0.05) is 24.3 Å². The molecule has 146 valence electrons. The predicted octanol–water partition coefficient (Wildman–Crippen LogP) is 0.871. The summed E-state index contributed by atoms with van der Waals surface area (Å²) < 4.78 is 0. The molecule has 3 rings (SSSR count). The largest absolute Gasteiger partial charge is 0.358 e. The van der Waals surface area contributed by atoms with Crippen molar-refractivity contribution in [3.05, 3.63) is 35.4 Å². The SMILES string of the molecule is CNC(=O)CN1CCC(NC(=O)C2Cc3ccccc3CN2)CC1.Cl.Cl. The Morgan fingerprint density at radius 2 is 1.81 bits per heavy atom. The van der Waals surface area contributed by atoms with E-state index in [2.05, 4.69) is 33.0 Å². The number of carbonyl (C=O) groups excluding carboxylic acids is 2. The van der Waals surface area contributed by atoms with Crippen molar-refractivity contribution in [1.29, 1.82) is 0 Å². The van der Waals surface area contributed by atoms with Crippen molar-refractivity contribution >= 4 is 36.6 Å². The normalized spacial score (nSPS) is 20.1. The van der Waals surface area contributed by atoms with Gasteiger partial charge in [0.05, 0.1) is 12.6 Å². The summed E-state index contributed by atoms with van der Waals surface area (Å²) in [6, 6.07) is 8.34. The molecule has 2 amide bonds. The molecule has 3 N–H and O–H groups in total. The first kappa shape index (κ1) is 22.7. The molecule has 2 aliphatic heterocycles. The van der Waals surface area contributed by atoms with Crippen LogP contribution in [-0.4, -0.2) is 55.5 Å². The molecule has 1 unspecified atom stereocenters. The van der Waals surface area contributed by atoms with Crippen LogP contribution in [0.15, 0.2) is 24.3 Å². The van der Waals surface area contributed by atoms with Gasteiger partial charge in [-0.2, -0.15) is 0 Å². The van der Waals surface area contributed by atoms with Gasteiger partial charge in [0, 0.05) is 32.7 Å². The second-order valence-electron chi connectivity index (χ2n) is 6.64. The molecule has 1 aromatic rings. The van der Waals surface area contributed by atoms with E-state index < -0.39 is 0 Å². The smallest absolute Gasteiger partial charge is 0.237 e. The summed E-state index contributed by atoms with van der Waals surface area (Å²) in [5, 5.41) is 9.16. The van der Waals surface area contributed by atoms with Gasteiger partial charge in [0.15, 0.2) is 0 Å². The van der Waals surface area contributed by atoms with Gasteiger partial charge in [0.25, 0.3) is 0 Å². The van der Waals surface area contributed by atoms with Gasteiger partial charge in [-0.3, -0.25) is 14.5 Å². The fourth-order valence-electron chi connectivity index (χ4n) is 3.46. The standard InChI is InChI=1S/C18H26N4O2.2ClH/c1-19-17(23)12-22-8-6-15(7-9-22)21-18(24)16-10-13-4-2-3-5-14(13)11-20-16;;/h2-5,15-16,20H,6-12H2,1H3,(H,19,23)(H,21,24);2*1H. The molecular formula is C18H28Cl2N4O2. The summed E-state index contributed by atoms with van der Waals surface area (Å²) in [6.45, 7) is 2.88. The number of amides is 2. The van der Waals surface area contributed by atoms with Crippen LogP contribution in [-0.2, 0) is 22.6 Å². The van der Waals surface area contributed by atoms with Crippen molar-refractivity contribution in [2.24, 2.45) is 0 Å². The first-order valence-electron chi connectivity index (χ1n) is 8.69. The highest BCUT2D eigenvalue weighted by Crippen LogP contribution is 2.17. The van der Waals surface area contributed by atoms with Gasteiger partial charge in [0.1, 0.15) is 0 Å². The van der Waals surface area contributed by atoms with E-state index in [0.717, 1.165) is 38.9 Å². The number of fused-ring (bicyclic) bond motifs is 1. The molecule has 8 heteroatoms. The third-order valence-corrected chi connectivity index (χ3v) is 4.98. The minimum absolute atomic E-state index is 0. The van der Waals surface area contributed by atoms with Crippen molar-refractivity contribution in [1.82, 2.24) is 20.9 Å². The van der Waals surface area contributed by atoms with Gasteiger partial charge >= 0.3 is 0 Å². The number of likely N-dealkylation sites (N-methyl/N-ethyl adjacent to an activating group) is 1. The Morgan fingerprint density at radius 1 is 1.15 bits per heavy atom. The van der Waals surface area contributed by atoms with Crippen LogP contribution in [0.25, 0.3) is 0 Å². The number of nitrogens with zero attached hydrogens (tertiary/aromatic N) is 1. The number of rotatable bonds is 4. The monoisotopic (exact) mass is 402 g/mol. The molecule has 1 aromatic carbocycles. The lowest BCUT2D eigenvalue weighted by molar-refractivity contribution is -0.125. The third-order valence-electron chi connectivity index (χ3n) is 4.98. The Bertz CT molecular complexity index is 607. The Labute approximate surface area is 167 Å². The van der Waals surface area contributed by atoms with Crippen LogP contribution in [0.5, 0.6) is 0 Å². The summed E-state index contributed by atoms with van der Waals surface area (Å²) >= 11 is 0. The van der Waals surface area contributed by atoms with E-state index in [1.807, 2.05) is 12.1 Å². The van der Waals surface area contributed by atoms with Crippen LogP contribution in [0.4, 0.5) is 0 Å². The molecule has 6 nitrogen and oxygen atoms in total. The second kappa shape index (κ2) is 10.7. The van der Waals surface area contributed by atoms with E-state index in [9.17, 15) is 9.59 Å². The Kier molecular flexibility index (Phi) is 9.36. The lowest BCUT2D eigenvalue weighted by Crippen LogP contribution is -2.53. The van der Waals surface area contributed by atoms with Gasteiger partial charge in [0.2, 0.25) is 11.8 Å². The molecule has 1 saturated heterocycles. The number of halogens is 2. The maximum atomic E-state index is 12.5. The van der Waals surface area contributed by atoms with Crippen LogP contribution in [0, 0.1) is 0 Å². The molecule has 0 saturated carbocycles. The lowest BCUT2D eigenvalue weighted by atomic mass is 9.95. The van der Waals surface area contributed by atoms with E-state index in [1.54, 1.807) is 7.05 Å². The van der Waals surface area contributed by atoms with Crippen LogP contribution in [0.2, 0.25) is 0 Å². The zero-order valence-corrected chi connectivity index (χ0v) is 16.6. The number of nitrogens with one attached hydrogen (secondary N) is 3. The van der Waals surface area contributed by atoms with E-state index in [1.165, 1.54) is 11.1 Å². The average Bonchev–Trinajstić information content (AvgIpc) is 2.62. The van der Waals surface area contributed by atoms with Gasteiger partial charge in [-0.25, -0.2) is 0 Å². The third kappa shape index (κ3) is 5.84. The molecular weight excluding hydrogens is 375 g/mol. The topological polar surface area (TPSA) is 73.5 Å². The number of piperidine rings is 1. The minimum atomic E-state index is -0.149. The van der Waals surface area contributed by atoms with Crippen molar-refractivity contribution in [3.63, 3.8) is 0 Å². The summed E-state index contributed by atoms with van der Waals surface area (Å²) in [4.78, 5) is 26.1. The summed E-state index contributed by atoms with van der Waals surface area (Å²) in [7, 11) is 1.66. The quantitative estimate of drug-likeness (QED) is 0.698. The van der Waals surface area contributed by atoms with E-state index in [0.29, 0.717) is 6.54 Å². The Balaban J connectivity index is 0.00000169. The van der Waals surface area contributed by atoms with Crippen LogP contribution in [0.3, 0.4) is 0 Å². The van der Waals surface area contributed by atoms with Crippen LogP contribution in [0.1, 0.15) is 24.0 Å². The lowest BCUT2D eigenvalue weighted by Gasteiger charge is -2.33. The van der Waals surface area contributed by atoms with Gasteiger partial charge in [-0.05, 0) is 30.4 Å². The highest BCUT2D eigenvalue weighted by molar-refractivity contribution is 5.85. The van der Waals surface area contributed by atoms with Crippen LogP contribution < -0.4 is 16.0 Å². The number of hydrogen-bond acceptors (Lipinski definition) is 4. The molecule has 2 heterocycles. The number of benzene rings is 1. The molecule has 26 heavy (non-hydrogen) atoms. The molecule has 0 aromatic heterocycles.